The Morgan fingerprint density at radius 1 is 0.973 bits per heavy atom. The summed E-state index contributed by atoms with van der Waals surface area (Å²) in [6.07, 6.45) is -0.831. The lowest BCUT2D eigenvalue weighted by molar-refractivity contribution is -0.142. The predicted molar refractivity (Wildman–Crippen MR) is 139 cm³/mol. The first kappa shape index (κ1) is 31.4. The molecule has 1 atom stereocenters. The van der Waals surface area contributed by atoms with Crippen molar-refractivity contribution in [2.45, 2.75) is 78.0 Å². The van der Waals surface area contributed by atoms with Gasteiger partial charge in [-0.15, -0.1) is 4.99 Å². The maximum atomic E-state index is 12.3. The molecule has 1 aromatic rings. The highest BCUT2D eigenvalue weighted by atomic mass is 16.6. The largest absolute Gasteiger partial charge is 0.468 e. The fourth-order valence-corrected chi connectivity index (χ4v) is 2.78. The van der Waals surface area contributed by atoms with Crippen LogP contribution >= 0.6 is 0 Å². The molecule has 0 bridgehead atoms. The van der Waals surface area contributed by atoms with Crippen LogP contribution in [-0.2, 0) is 30.2 Å². The number of nitrogens with two attached hydrogens (primary N) is 1. The normalized spacial score (nSPS) is 12.7. The number of methoxy groups -OCH3 is 1. The molecule has 0 aliphatic rings. The number of hydrogen-bond acceptors (Lipinski definition) is 8. The number of nitrogens with one attached hydrogen (secondary N) is 3. The van der Waals surface area contributed by atoms with Crippen molar-refractivity contribution in [1.29, 1.82) is 0 Å². The number of esters is 1. The van der Waals surface area contributed by atoms with Crippen LogP contribution in [0.25, 0.3) is 0 Å². The van der Waals surface area contributed by atoms with Crippen LogP contribution in [0.4, 0.5) is 15.3 Å². The first-order valence-corrected chi connectivity index (χ1v) is 11.9. The van der Waals surface area contributed by atoms with Crippen LogP contribution in [0.2, 0.25) is 0 Å². The molecule has 0 radical (unpaired) electrons. The van der Waals surface area contributed by atoms with Crippen LogP contribution < -0.4 is 21.7 Å². The molecule has 0 aromatic heterocycles. The van der Waals surface area contributed by atoms with Crippen molar-refractivity contribution in [2.24, 2.45) is 10.7 Å². The minimum Gasteiger partial charge on any atom is -0.468 e. The minimum absolute atomic E-state index is 0.148. The van der Waals surface area contributed by atoms with E-state index < -0.39 is 35.4 Å². The van der Waals surface area contributed by atoms with E-state index in [4.69, 9.17) is 15.2 Å². The van der Waals surface area contributed by atoms with Gasteiger partial charge >= 0.3 is 18.2 Å². The van der Waals surface area contributed by atoms with Crippen molar-refractivity contribution in [3.63, 3.8) is 0 Å². The molecule has 37 heavy (non-hydrogen) atoms. The number of benzene rings is 1. The number of nitrogens with zero attached hydrogens (tertiary/aromatic N) is 1. The van der Waals surface area contributed by atoms with E-state index in [1.807, 2.05) is 0 Å². The van der Waals surface area contributed by atoms with Gasteiger partial charge in [-0.3, -0.25) is 14.9 Å². The number of guanidine groups is 1. The van der Waals surface area contributed by atoms with Gasteiger partial charge in [-0.1, -0.05) is 12.1 Å². The zero-order valence-electron chi connectivity index (χ0n) is 22.6. The maximum absolute atomic E-state index is 12.3. The Morgan fingerprint density at radius 3 is 2.11 bits per heavy atom. The molecule has 3 amide bonds. The van der Waals surface area contributed by atoms with Gasteiger partial charge in [0.2, 0.25) is 11.9 Å². The van der Waals surface area contributed by atoms with Crippen molar-refractivity contribution < 1.29 is 33.4 Å². The zero-order chi connectivity index (χ0) is 28.2. The fraction of sp³-hybridized carbons (Fsp3) is 0.560. The number of carbonyl (C=O) groups is 4. The standard InChI is InChI=1S/C25H39N5O7/c1-24(2,3)36-22(33)29-21(30-23(34)37-25(4,5)6)27-14-8-9-19(31)28-17-12-10-16(11-13-17)15-18(26)20(32)35-7/h10-13,18H,8-9,14-15,26H2,1-7H3,(H,28,31)(H2,27,29,30,33,34)/t18-/m0/s1. The highest BCUT2D eigenvalue weighted by Crippen LogP contribution is 2.12. The van der Waals surface area contributed by atoms with Crippen LogP contribution in [0.1, 0.15) is 59.9 Å². The van der Waals surface area contributed by atoms with Crippen molar-refractivity contribution in [1.82, 2.24) is 10.6 Å². The monoisotopic (exact) mass is 521 g/mol. The smallest absolute Gasteiger partial charge is 0.437 e. The molecule has 206 valence electrons. The maximum Gasteiger partial charge on any atom is 0.437 e. The van der Waals surface area contributed by atoms with E-state index >= 15 is 0 Å². The highest BCUT2D eigenvalue weighted by molar-refractivity contribution is 5.99. The molecular formula is C25H39N5O7. The van der Waals surface area contributed by atoms with Crippen LogP contribution in [0.3, 0.4) is 0 Å². The van der Waals surface area contributed by atoms with Gasteiger partial charge in [0.05, 0.1) is 7.11 Å². The third kappa shape index (κ3) is 14.5. The summed E-state index contributed by atoms with van der Waals surface area (Å²) in [6, 6.07) is 6.20. The van der Waals surface area contributed by atoms with E-state index in [-0.39, 0.29) is 24.8 Å². The molecule has 0 fully saturated rings. The average Bonchev–Trinajstić information content (AvgIpc) is 2.74. The van der Waals surface area contributed by atoms with E-state index in [9.17, 15) is 19.2 Å². The molecule has 0 spiro atoms. The third-order valence-electron chi connectivity index (χ3n) is 4.29. The lowest BCUT2D eigenvalue weighted by Gasteiger charge is -2.21. The van der Waals surface area contributed by atoms with Gasteiger partial charge in [-0.05, 0) is 72.1 Å². The van der Waals surface area contributed by atoms with Crippen LogP contribution in [-0.4, -0.2) is 60.9 Å². The number of aliphatic imine (C=N–C) groups is 1. The molecule has 12 nitrogen and oxygen atoms in total. The second-order valence-corrected chi connectivity index (χ2v) is 10.2. The van der Waals surface area contributed by atoms with Crippen LogP contribution in [0.15, 0.2) is 29.3 Å². The van der Waals surface area contributed by atoms with Gasteiger partial charge in [0.15, 0.2) is 0 Å². The van der Waals surface area contributed by atoms with Gasteiger partial charge in [0, 0.05) is 18.7 Å². The molecule has 0 saturated carbocycles. The Bertz CT molecular complexity index is 963. The predicted octanol–water partition coefficient (Wildman–Crippen LogP) is 2.85. The van der Waals surface area contributed by atoms with Crippen molar-refractivity contribution in [3.8, 4) is 0 Å². The minimum atomic E-state index is -0.889. The molecule has 0 aliphatic heterocycles. The summed E-state index contributed by atoms with van der Waals surface area (Å²) in [5.41, 5.74) is 5.67. The third-order valence-corrected chi connectivity index (χ3v) is 4.29. The Labute approximate surface area is 217 Å². The average molecular weight is 522 g/mol. The van der Waals surface area contributed by atoms with E-state index in [0.29, 0.717) is 18.5 Å². The molecular weight excluding hydrogens is 482 g/mol. The lowest BCUT2D eigenvalue weighted by Crippen LogP contribution is -2.44. The molecule has 5 N–H and O–H groups in total. The van der Waals surface area contributed by atoms with Crippen molar-refractivity contribution >= 4 is 35.7 Å². The Morgan fingerprint density at radius 2 is 1.57 bits per heavy atom. The molecule has 1 rings (SSSR count). The van der Waals surface area contributed by atoms with Gasteiger partial charge < -0.3 is 30.6 Å². The molecule has 12 heteroatoms. The number of alkyl carbamates (subject to hydrolysis) is 1. The lowest BCUT2D eigenvalue weighted by atomic mass is 10.1. The van der Waals surface area contributed by atoms with Crippen molar-refractivity contribution in [2.75, 3.05) is 19.0 Å². The van der Waals surface area contributed by atoms with Gasteiger partial charge in [0.1, 0.15) is 17.2 Å². The second kappa shape index (κ2) is 14.2. The summed E-state index contributed by atoms with van der Waals surface area (Å²) in [5, 5.41) is 7.98. The second-order valence-electron chi connectivity index (χ2n) is 10.2. The number of carbonyl (C=O) groups excluding carboxylic acids is 4. The summed E-state index contributed by atoms with van der Waals surface area (Å²) in [4.78, 5) is 51.7. The number of anilines is 1. The SMILES string of the molecule is COC(=O)[C@@H](N)Cc1ccc(NC(=O)CCCN/C(=N/C(=O)OC(C)(C)C)NC(=O)OC(C)(C)C)cc1. The summed E-state index contributed by atoms with van der Waals surface area (Å²) in [5.74, 6) is -0.872. The number of hydrogen-bond donors (Lipinski definition) is 4. The molecule has 0 saturated heterocycles. The Kier molecular flexibility index (Phi) is 12.0. The first-order valence-electron chi connectivity index (χ1n) is 11.9. The fourth-order valence-electron chi connectivity index (χ4n) is 2.78. The van der Waals surface area contributed by atoms with Gasteiger partial charge in [-0.25, -0.2) is 9.59 Å². The number of rotatable bonds is 8. The summed E-state index contributed by atoms with van der Waals surface area (Å²) >= 11 is 0. The first-order chi connectivity index (χ1) is 17.1. The zero-order valence-corrected chi connectivity index (χ0v) is 22.6. The Balaban J connectivity index is 2.60. The van der Waals surface area contributed by atoms with E-state index in [2.05, 4.69) is 25.7 Å². The van der Waals surface area contributed by atoms with Crippen LogP contribution in [0.5, 0.6) is 0 Å². The summed E-state index contributed by atoms with van der Waals surface area (Å²) < 4.78 is 15.0. The molecule has 0 aliphatic carbocycles. The Hall–Kier alpha value is -3.67. The van der Waals surface area contributed by atoms with Crippen molar-refractivity contribution in [3.05, 3.63) is 29.8 Å². The summed E-state index contributed by atoms with van der Waals surface area (Å²) in [7, 11) is 1.28. The summed E-state index contributed by atoms with van der Waals surface area (Å²) in [6.45, 7) is 10.4. The number of ether oxygens (including phenoxy) is 3. The quantitative estimate of drug-likeness (QED) is 0.132. The molecule has 1 aromatic carbocycles. The number of amides is 3. The van der Waals surface area contributed by atoms with E-state index in [1.165, 1.54) is 7.11 Å². The topological polar surface area (TPSA) is 170 Å². The molecule has 0 unspecified atom stereocenters. The van der Waals surface area contributed by atoms with Crippen LogP contribution in [0, 0.1) is 0 Å². The van der Waals surface area contributed by atoms with E-state index in [1.54, 1.807) is 65.8 Å². The van der Waals surface area contributed by atoms with E-state index in [0.717, 1.165) is 5.56 Å². The highest BCUT2D eigenvalue weighted by Gasteiger charge is 2.20. The van der Waals surface area contributed by atoms with Gasteiger partial charge in [0.25, 0.3) is 0 Å². The molecule has 0 heterocycles. The van der Waals surface area contributed by atoms with Gasteiger partial charge in [-0.2, -0.15) is 0 Å².